The molecule has 0 aliphatic heterocycles. The minimum absolute atomic E-state index is 0.0102. The summed E-state index contributed by atoms with van der Waals surface area (Å²) >= 11 is 0. The molecule has 13 heteroatoms. The standard InChI is InChI=1S/C35H43N9O4/c1-4-29(45)40-27-17-28(32(47)31(27)46)44-21-39-30-33(41-35(42-34(30)44)36-16-15-24-19-43(5-2)20-38-24)37-18-26(22-9-7-6-8-10-22)23-11-13-25(48-3)14-12-23/h6-14,19-21,26-28,31-32,46-47H,4-5,15-18H2,1-3H3,(H,40,45)(H2,36,37,41,42)/t26?,27-,28+,31+,32-/m0/s1. The minimum atomic E-state index is -1.13. The van der Waals surface area contributed by atoms with E-state index < -0.39 is 24.3 Å². The number of anilines is 2. The maximum Gasteiger partial charge on any atom is 0.226 e. The first-order valence-corrected chi connectivity index (χ1v) is 16.5. The summed E-state index contributed by atoms with van der Waals surface area (Å²) in [5.41, 5.74) is 4.25. The van der Waals surface area contributed by atoms with Crippen molar-refractivity contribution in [2.45, 2.75) is 69.9 Å². The van der Waals surface area contributed by atoms with E-state index in [-0.39, 0.29) is 18.2 Å². The number of aliphatic hydroxyl groups excluding tert-OH is 2. The van der Waals surface area contributed by atoms with Gasteiger partial charge in [0.15, 0.2) is 17.0 Å². The smallest absolute Gasteiger partial charge is 0.226 e. The molecule has 5 N–H and O–H groups in total. The van der Waals surface area contributed by atoms with E-state index in [1.165, 1.54) is 0 Å². The van der Waals surface area contributed by atoms with E-state index in [1.54, 1.807) is 24.9 Å². The first kappa shape index (κ1) is 32.9. The lowest BCUT2D eigenvalue weighted by atomic mass is 9.91. The van der Waals surface area contributed by atoms with E-state index in [0.717, 1.165) is 29.1 Å². The monoisotopic (exact) mass is 653 g/mol. The van der Waals surface area contributed by atoms with Crippen LogP contribution < -0.4 is 20.7 Å². The average Bonchev–Trinajstić information content (AvgIpc) is 3.83. The zero-order chi connectivity index (χ0) is 33.6. The molecule has 3 heterocycles. The Bertz CT molecular complexity index is 1810. The summed E-state index contributed by atoms with van der Waals surface area (Å²) in [6, 6.07) is 17.2. The fourth-order valence-corrected chi connectivity index (χ4v) is 6.26. The number of aryl methyl sites for hydroxylation is 1. The van der Waals surface area contributed by atoms with Gasteiger partial charge >= 0.3 is 0 Å². The third-order valence-electron chi connectivity index (χ3n) is 9.01. The second kappa shape index (κ2) is 14.8. The van der Waals surface area contributed by atoms with E-state index in [2.05, 4.69) is 52.1 Å². The summed E-state index contributed by atoms with van der Waals surface area (Å²) in [6.07, 6.45) is 4.50. The predicted molar refractivity (Wildman–Crippen MR) is 183 cm³/mol. The molecule has 0 saturated heterocycles. The highest BCUT2D eigenvalue weighted by molar-refractivity contribution is 5.84. The number of fused-ring (bicyclic) bond motifs is 1. The Morgan fingerprint density at radius 2 is 1.75 bits per heavy atom. The highest BCUT2D eigenvalue weighted by atomic mass is 16.5. The number of nitrogens with one attached hydrogen (secondary N) is 3. The summed E-state index contributed by atoms with van der Waals surface area (Å²) in [6.45, 7) is 5.74. The lowest BCUT2D eigenvalue weighted by molar-refractivity contribution is -0.122. The number of aromatic nitrogens is 6. The molecule has 1 aliphatic rings. The van der Waals surface area contributed by atoms with Crippen LogP contribution in [0.15, 0.2) is 73.4 Å². The molecule has 2 aromatic carbocycles. The van der Waals surface area contributed by atoms with Gasteiger partial charge in [0.05, 0.1) is 37.5 Å². The van der Waals surface area contributed by atoms with Gasteiger partial charge in [-0.15, -0.1) is 0 Å². The van der Waals surface area contributed by atoms with Gasteiger partial charge in [0.1, 0.15) is 18.0 Å². The Labute approximate surface area is 279 Å². The summed E-state index contributed by atoms with van der Waals surface area (Å²) in [4.78, 5) is 31.0. The van der Waals surface area contributed by atoms with Gasteiger partial charge in [-0.25, -0.2) is 9.97 Å². The van der Waals surface area contributed by atoms with Crippen molar-refractivity contribution >= 4 is 28.8 Å². The highest BCUT2D eigenvalue weighted by Gasteiger charge is 2.43. The van der Waals surface area contributed by atoms with Gasteiger partial charge in [-0.2, -0.15) is 9.97 Å². The van der Waals surface area contributed by atoms with Gasteiger partial charge in [0.25, 0.3) is 0 Å². The van der Waals surface area contributed by atoms with Crippen molar-refractivity contribution in [3.8, 4) is 5.75 Å². The number of carbonyl (C=O) groups is 1. The molecule has 1 fully saturated rings. The number of aliphatic hydroxyl groups is 2. The Morgan fingerprint density at radius 3 is 2.46 bits per heavy atom. The molecular weight excluding hydrogens is 610 g/mol. The molecule has 1 aliphatic carbocycles. The molecule has 0 radical (unpaired) electrons. The van der Waals surface area contributed by atoms with Crippen LogP contribution in [-0.4, -0.2) is 83.6 Å². The number of nitrogens with zero attached hydrogens (tertiary/aromatic N) is 6. The van der Waals surface area contributed by atoms with Crippen LogP contribution in [0, 0.1) is 0 Å². The second-order valence-corrected chi connectivity index (χ2v) is 12.0. The molecule has 3 aromatic heterocycles. The summed E-state index contributed by atoms with van der Waals surface area (Å²) in [5.74, 6) is 1.52. The quantitative estimate of drug-likeness (QED) is 0.120. The maximum atomic E-state index is 12.1. The van der Waals surface area contributed by atoms with E-state index in [9.17, 15) is 15.0 Å². The SMILES string of the molecule is CCC(=O)N[C@H]1C[C@@H](n2cnc3c(NCC(c4ccccc4)c4ccc(OC)cc4)nc(NCCc4cn(CC)cn4)nc32)[C@H](O)[C@@H]1O. The number of rotatable bonds is 14. The summed E-state index contributed by atoms with van der Waals surface area (Å²) in [5, 5.41) is 31.7. The number of imidazole rings is 2. The van der Waals surface area contributed by atoms with Crippen molar-refractivity contribution < 1.29 is 19.7 Å². The lowest BCUT2D eigenvalue weighted by Crippen LogP contribution is -2.42. The van der Waals surface area contributed by atoms with Crippen molar-refractivity contribution in [1.82, 2.24) is 34.4 Å². The third-order valence-corrected chi connectivity index (χ3v) is 9.01. The fourth-order valence-electron chi connectivity index (χ4n) is 6.26. The second-order valence-electron chi connectivity index (χ2n) is 12.0. The molecule has 0 bridgehead atoms. The number of hydrogen-bond donors (Lipinski definition) is 5. The number of hydrogen-bond acceptors (Lipinski definition) is 10. The molecule has 5 atom stereocenters. The number of ether oxygens (including phenoxy) is 1. The first-order chi connectivity index (χ1) is 23.4. The van der Waals surface area contributed by atoms with E-state index in [1.807, 2.05) is 47.4 Å². The van der Waals surface area contributed by atoms with Gasteiger partial charge < -0.3 is 40.0 Å². The Morgan fingerprint density at radius 1 is 0.979 bits per heavy atom. The topological polar surface area (TPSA) is 164 Å². The van der Waals surface area contributed by atoms with Crippen LogP contribution in [0.3, 0.4) is 0 Å². The zero-order valence-electron chi connectivity index (χ0n) is 27.5. The van der Waals surface area contributed by atoms with Gasteiger partial charge in [0, 0.05) is 44.6 Å². The number of methoxy groups -OCH3 is 1. The largest absolute Gasteiger partial charge is 0.497 e. The van der Waals surface area contributed by atoms with Gasteiger partial charge in [-0.05, 0) is 36.6 Å². The Balaban J connectivity index is 1.31. The van der Waals surface area contributed by atoms with Gasteiger partial charge in [-0.3, -0.25) is 4.79 Å². The van der Waals surface area contributed by atoms with Crippen molar-refractivity contribution in [1.29, 1.82) is 0 Å². The van der Waals surface area contributed by atoms with Crippen LogP contribution in [-0.2, 0) is 17.8 Å². The minimum Gasteiger partial charge on any atom is -0.497 e. The van der Waals surface area contributed by atoms with Crippen LogP contribution in [0.1, 0.15) is 55.5 Å². The van der Waals surface area contributed by atoms with Crippen molar-refractivity contribution in [2.24, 2.45) is 0 Å². The summed E-state index contributed by atoms with van der Waals surface area (Å²) < 4.78 is 9.20. The van der Waals surface area contributed by atoms with Crippen LogP contribution in [0.5, 0.6) is 5.75 Å². The number of benzene rings is 2. The Kier molecular flexibility index (Phi) is 10.2. The lowest BCUT2D eigenvalue weighted by Gasteiger charge is -2.20. The van der Waals surface area contributed by atoms with Crippen LogP contribution in [0.2, 0.25) is 0 Å². The van der Waals surface area contributed by atoms with E-state index >= 15 is 0 Å². The molecule has 1 saturated carbocycles. The van der Waals surface area contributed by atoms with Crippen molar-refractivity contribution in [3.63, 3.8) is 0 Å². The van der Waals surface area contributed by atoms with Crippen molar-refractivity contribution in [2.75, 3.05) is 30.8 Å². The number of amides is 1. The van der Waals surface area contributed by atoms with Gasteiger partial charge in [0.2, 0.25) is 11.9 Å². The third kappa shape index (κ3) is 7.11. The van der Waals surface area contributed by atoms with Crippen LogP contribution >= 0.6 is 0 Å². The Hall–Kier alpha value is -5.01. The van der Waals surface area contributed by atoms with E-state index in [0.29, 0.717) is 48.9 Å². The first-order valence-electron chi connectivity index (χ1n) is 16.5. The van der Waals surface area contributed by atoms with Crippen LogP contribution in [0.4, 0.5) is 11.8 Å². The molecule has 6 rings (SSSR count). The average molecular weight is 654 g/mol. The molecule has 1 amide bonds. The van der Waals surface area contributed by atoms with Crippen LogP contribution in [0.25, 0.3) is 11.2 Å². The summed E-state index contributed by atoms with van der Waals surface area (Å²) in [7, 11) is 1.65. The molecule has 13 nitrogen and oxygen atoms in total. The molecule has 252 valence electrons. The predicted octanol–water partition coefficient (Wildman–Crippen LogP) is 3.51. The zero-order valence-corrected chi connectivity index (χ0v) is 27.5. The normalized spacial score (nSPS) is 19.7. The molecule has 0 spiro atoms. The van der Waals surface area contributed by atoms with Gasteiger partial charge in [-0.1, -0.05) is 49.4 Å². The molecular formula is C35H43N9O4. The molecule has 1 unspecified atom stereocenters. The fraction of sp³-hybridized carbons (Fsp3) is 0.400. The van der Waals surface area contributed by atoms with E-state index in [4.69, 9.17) is 19.7 Å². The molecule has 5 aromatic rings. The molecule has 48 heavy (non-hydrogen) atoms. The maximum absolute atomic E-state index is 12.1. The van der Waals surface area contributed by atoms with Crippen molar-refractivity contribution in [3.05, 3.63) is 90.3 Å². The number of carbonyl (C=O) groups excluding carboxylic acids is 1. The highest BCUT2D eigenvalue weighted by Crippen LogP contribution is 2.35.